The second-order valence-electron chi connectivity index (χ2n) is 3.32. The van der Waals surface area contributed by atoms with Crippen LogP contribution in [-0.4, -0.2) is 46.4 Å². The van der Waals surface area contributed by atoms with E-state index in [1.807, 2.05) is 0 Å². The third-order valence-electron chi connectivity index (χ3n) is 2.29. The first-order valence-electron chi connectivity index (χ1n) is 5.67. The van der Waals surface area contributed by atoms with Crippen LogP contribution in [0.3, 0.4) is 0 Å². The highest BCUT2D eigenvalue weighted by atomic mass is 32.1. The number of carboxylic acids is 1. The number of anilines is 1. The standard InChI is InChI=1S/C6H15N.C5H4N2O3S/c1-4-7(5-2)6-3;6-5-7-2(1-11-5)3(8)4(9)10/h4-6H2,1-3H3;1H,(H2,6,7)(H,9,10). The van der Waals surface area contributed by atoms with Gasteiger partial charge in [0, 0.05) is 5.38 Å². The Balaban J connectivity index is 0.000000360. The molecule has 0 saturated heterocycles. The fraction of sp³-hybridized carbons (Fsp3) is 0.545. The molecule has 0 aliphatic rings. The summed E-state index contributed by atoms with van der Waals surface area (Å²) in [5.74, 6) is -2.55. The van der Waals surface area contributed by atoms with Gasteiger partial charge in [-0.2, -0.15) is 0 Å². The number of hydrogen-bond acceptors (Lipinski definition) is 6. The van der Waals surface area contributed by atoms with Crippen LogP contribution in [0.15, 0.2) is 5.38 Å². The van der Waals surface area contributed by atoms with Crippen molar-refractivity contribution < 1.29 is 14.7 Å². The Morgan fingerprint density at radius 2 is 1.83 bits per heavy atom. The molecule has 1 heterocycles. The Labute approximate surface area is 110 Å². The maximum absolute atomic E-state index is 10.6. The van der Waals surface area contributed by atoms with Gasteiger partial charge in [0.25, 0.3) is 5.78 Å². The van der Waals surface area contributed by atoms with Crippen molar-refractivity contribution in [1.82, 2.24) is 9.88 Å². The lowest BCUT2D eigenvalue weighted by Crippen LogP contribution is -2.21. The van der Waals surface area contributed by atoms with E-state index in [1.165, 1.54) is 25.0 Å². The molecule has 1 aromatic heterocycles. The monoisotopic (exact) mass is 273 g/mol. The lowest BCUT2D eigenvalue weighted by Gasteiger charge is -2.13. The van der Waals surface area contributed by atoms with Gasteiger partial charge >= 0.3 is 5.97 Å². The van der Waals surface area contributed by atoms with Crippen LogP contribution in [0.4, 0.5) is 5.13 Å². The zero-order chi connectivity index (χ0) is 14.1. The SMILES string of the molecule is CCN(CC)CC.Nc1nc(C(=O)C(=O)O)cs1. The number of carboxylic acid groups (broad SMARTS) is 1. The van der Waals surface area contributed by atoms with Gasteiger partial charge in [0.05, 0.1) is 0 Å². The number of carbonyl (C=O) groups excluding carboxylic acids is 1. The first kappa shape index (κ1) is 16.5. The van der Waals surface area contributed by atoms with Crippen molar-refractivity contribution in [2.45, 2.75) is 20.8 Å². The molecule has 0 aliphatic heterocycles. The average molecular weight is 273 g/mol. The zero-order valence-corrected chi connectivity index (χ0v) is 11.7. The topological polar surface area (TPSA) is 96.5 Å². The summed E-state index contributed by atoms with van der Waals surface area (Å²) in [6, 6.07) is 0. The molecule has 1 rings (SSSR count). The van der Waals surface area contributed by atoms with Crippen molar-refractivity contribution >= 4 is 28.2 Å². The molecule has 0 bridgehead atoms. The van der Waals surface area contributed by atoms with E-state index in [0.29, 0.717) is 0 Å². The quantitative estimate of drug-likeness (QED) is 0.620. The van der Waals surface area contributed by atoms with Crippen LogP contribution in [0.2, 0.25) is 0 Å². The van der Waals surface area contributed by atoms with Crippen LogP contribution in [0, 0.1) is 0 Å². The van der Waals surface area contributed by atoms with Crippen LogP contribution in [0.25, 0.3) is 0 Å². The van der Waals surface area contributed by atoms with E-state index in [9.17, 15) is 9.59 Å². The number of thiazole rings is 1. The molecule has 0 radical (unpaired) electrons. The summed E-state index contributed by atoms with van der Waals surface area (Å²) in [5, 5.41) is 9.72. The fourth-order valence-corrected chi connectivity index (χ4v) is 1.72. The Hall–Kier alpha value is -1.47. The van der Waals surface area contributed by atoms with Crippen LogP contribution >= 0.6 is 11.3 Å². The minimum Gasteiger partial charge on any atom is -0.475 e. The molecule has 0 aromatic carbocycles. The summed E-state index contributed by atoms with van der Waals surface area (Å²) < 4.78 is 0. The summed E-state index contributed by atoms with van der Waals surface area (Å²) in [5.41, 5.74) is 5.07. The molecule has 3 N–H and O–H groups in total. The molecule has 0 atom stereocenters. The van der Waals surface area contributed by atoms with Crippen molar-refractivity contribution in [3.8, 4) is 0 Å². The van der Waals surface area contributed by atoms with Crippen LogP contribution in [0.5, 0.6) is 0 Å². The van der Waals surface area contributed by atoms with Gasteiger partial charge in [0.15, 0.2) is 5.13 Å². The summed E-state index contributed by atoms with van der Waals surface area (Å²) in [6.07, 6.45) is 0. The largest absolute Gasteiger partial charge is 0.475 e. The third kappa shape index (κ3) is 5.74. The van der Waals surface area contributed by atoms with Gasteiger partial charge in [-0.15, -0.1) is 11.3 Å². The number of rotatable bonds is 5. The normalized spacial score (nSPS) is 9.78. The van der Waals surface area contributed by atoms with Crippen molar-refractivity contribution in [2.75, 3.05) is 25.4 Å². The van der Waals surface area contributed by atoms with Gasteiger partial charge in [-0.3, -0.25) is 4.79 Å². The Morgan fingerprint density at radius 1 is 1.33 bits per heavy atom. The van der Waals surface area contributed by atoms with E-state index in [1.54, 1.807) is 0 Å². The molecule has 0 saturated carbocycles. The van der Waals surface area contributed by atoms with E-state index in [-0.39, 0.29) is 10.8 Å². The highest BCUT2D eigenvalue weighted by Crippen LogP contribution is 2.11. The number of nitrogens with zero attached hydrogens (tertiary/aromatic N) is 2. The maximum atomic E-state index is 10.6. The van der Waals surface area contributed by atoms with Gasteiger partial charge in [-0.25, -0.2) is 9.78 Å². The van der Waals surface area contributed by atoms with E-state index in [4.69, 9.17) is 10.8 Å². The second-order valence-corrected chi connectivity index (χ2v) is 4.21. The number of carbonyl (C=O) groups is 2. The second kappa shape index (κ2) is 8.60. The summed E-state index contributed by atoms with van der Waals surface area (Å²) in [4.78, 5) is 26.6. The van der Waals surface area contributed by atoms with E-state index in [0.717, 1.165) is 11.3 Å². The number of aromatic nitrogens is 1. The summed E-state index contributed by atoms with van der Waals surface area (Å²) in [6.45, 7) is 10.1. The Bertz CT molecular complexity index is 383. The van der Waals surface area contributed by atoms with Crippen LogP contribution in [-0.2, 0) is 4.79 Å². The van der Waals surface area contributed by atoms with Gasteiger partial charge in [-0.1, -0.05) is 20.8 Å². The number of Topliss-reactive ketones (excluding diaryl/α,β-unsaturated/α-hetero) is 1. The van der Waals surface area contributed by atoms with Gasteiger partial charge in [0.2, 0.25) is 0 Å². The molecule has 1 aromatic rings. The van der Waals surface area contributed by atoms with Crippen molar-refractivity contribution in [3.05, 3.63) is 11.1 Å². The van der Waals surface area contributed by atoms with E-state index < -0.39 is 11.8 Å². The number of hydrogen-bond donors (Lipinski definition) is 2. The van der Waals surface area contributed by atoms with Gasteiger partial charge in [0.1, 0.15) is 5.69 Å². The molecule has 102 valence electrons. The molecule has 0 unspecified atom stereocenters. The number of aliphatic carboxylic acids is 1. The lowest BCUT2D eigenvalue weighted by atomic mass is 10.3. The third-order valence-corrected chi connectivity index (χ3v) is 2.96. The van der Waals surface area contributed by atoms with Crippen LogP contribution < -0.4 is 5.73 Å². The molecule has 0 fully saturated rings. The zero-order valence-electron chi connectivity index (χ0n) is 10.8. The fourth-order valence-electron chi connectivity index (χ4n) is 1.17. The molecule has 7 heteroatoms. The molecule has 0 aliphatic carbocycles. The molecule has 6 nitrogen and oxygen atoms in total. The molecule has 0 amide bonds. The summed E-state index contributed by atoms with van der Waals surface area (Å²) in [7, 11) is 0. The predicted octanol–water partition coefficient (Wildman–Crippen LogP) is 1.34. The highest BCUT2D eigenvalue weighted by Gasteiger charge is 2.16. The number of nitrogen functional groups attached to an aromatic ring is 1. The van der Waals surface area contributed by atoms with E-state index >= 15 is 0 Å². The smallest absolute Gasteiger partial charge is 0.378 e. The average Bonchev–Trinajstić information content (AvgIpc) is 2.78. The lowest BCUT2D eigenvalue weighted by molar-refractivity contribution is -0.131. The number of ketones is 1. The first-order valence-corrected chi connectivity index (χ1v) is 6.55. The van der Waals surface area contributed by atoms with Crippen molar-refractivity contribution in [1.29, 1.82) is 0 Å². The predicted molar refractivity (Wildman–Crippen MR) is 72.0 cm³/mol. The highest BCUT2D eigenvalue weighted by molar-refractivity contribution is 7.13. The minimum atomic E-state index is -1.52. The van der Waals surface area contributed by atoms with Gasteiger partial charge < -0.3 is 15.7 Å². The van der Waals surface area contributed by atoms with Crippen molar-refractivity contribution in [3.63, 3.8) is 0 Å². The van der Waals surface area contributed by atoms with Crippen LogP contribution in [0.1, 0.15) is 31.3 Å². The molecule has 0 spiro atoms. The molecular weight excluding hydrogens is 254 g/mol. The van der Waals surface area contributed by atoms with E-state index in [2.05, 4.69) is 30.7 Å². The van der Waals surface area contributed by atoms with Gasteiger partial charge in [-0.05, 0) is 19.6 Å². The minimum absolute atomic E-state index is 0.111. The first-order chi connectivity index (χ1) is 8.46. The molecular formula is C11H19N3O3S. The Kier molecular flexibility index (Phi) is 7.89. The van der Waals surface area contributed by atoms with Crippen molar-refractivity contribution in [2.24, 2.45) is 0 Å². The Morgan fingerprint density at radius 3 is 2.06 bits per heavy atom. The maximum Gasteiger partial charge on any atom is 0.378 e. The molecule has 18 heavy (non-hydrogen) atoms. The number of nitrogens with two attached hydrogens (primary N) is 1. The summed E-state index contributed by atoms with van der Waals surface area (Å²) >= 11 is 1.03.